The number of aromatic hydroxyl groups is 2. The summed E-state index contributed by atoms with van der Waals surface area (Å²) < 4.78 is 9.80. The van der Waals surface area contributed by atoms with Gasteiger partial charge in [-0.05, 0) is 23.3 Å². The molecule has 0 saturated heterocycles. The summed E-state index contributed by atoms with van der Waals surface area (Å²) in [5, 5.41) is 19.0. The van der Waals surface area contributed by atoms with Crippen molar-refractivity contribution < 1.29 is 34.1 Å². The van der Waals surface area contributed by atoms with Crippen molar-refractivity contribution in [2.45, 2.75) is 19.0 Å². The smallest absolute Gasteiger partial charge is 0.342 e. The molecule has 1 heterocycles. The number of hydrogen-bond acceptors (Lipinski definition) is 7. The summed E-state index contributed by atoms with van der Waals surface area (Å²) in [4.78, 5) is 38.2. The molecule has 0 fully saturated rings. The van der Waals surface area contributed by atoms with Crippen LogP contribution >= 0.6 is 0 Å². The third kappa shape index (κ3) is 3.90. The van der Waals surface area contributed by atoms with E-state index in [-0.39, 0.29) is 17.9 Å². The van der Waals surface area contributed by atoms with Gasteiger partial charge in [0.2, 0.25) is 0 Å². The van der Waals surface area contributed by atoms with Crippen LogP contribution < -0.4 is 0 Å². The van der Waals surface area contributed by atoms with Gasteiger partial charge in [-0.25, -0.2) is 9.59 Å². The van der Waals surface area contributed by atoms with Gasteiger partial charge in [0.1, 0.15) is 23.1 Å². The van der Waals surface area contributed by atoms with Crippen LogP contribution in [-0.2, 0) is 32.0 Å². The molecule has 2 N–H and O–H groups in total. The summed E-state index contributed by atoms with van der Waals surface area (Å²) in [6.45, 7) is -0.411. The van der Waals surface area contributed by atoms with Gasteiger partial charge in [-0.1, -0.05) is 24.3 Å². The highest BCUT2D eigenvalue weighted by Gasteiger charge is 2.35. The zero-order valence-electron chi connectivity index (χ0n) is 15.1. The van der Waals surface area contributed by atoms with Crippen LogP contribution in [0.3, 0.4) is 0 Å². The van der Waals surface area contributed by atoms with Gasteiger partial charge >= 0.3 is 11.9 Å². The van der Waals surface area contributed by atoms with Crippen molar-refractivity contribution in [2.24, 2.45) is 0 Å². The lowest BCUT2D eigenvalue weighted by atomic mass is 9.94. The Kier molecular flexibility index (Phi) is 5.49. The largest absolute Gasteiger partial charge is 0.508 e. The number of carbonyl (C=O) groups excluding carboxylic acids is 3. The van der Waals surface area contributed by atoms with Gasteiger partial charge in [0, 0.05) is 19.0 Å². The maximum atomic E-state index is 12.7. The van der Waals surface area contributed by atoms with Crippen LogP contribution in [0.15, 0.2) is 42.5 Å². The number of carbonyl (C=O) groups is 3. The first-order valence-corrected chi connectivity index (χ1v) is 8.54. The molecule has 1 aliphatic heterocycles. The minimum absolute atomic E-state index is 0.181. The van der Waals surface area contributed by atoms with E-state index in [1.807, 2.05) is 24.3 Å². The average Bonchev–Trinajstić information content (AvgIpc) is 2.70. The lowest BCUT2D eigenvalue weighted by molar-refractivity contribution is -0.155. The molecular formula is C20H19NO7. The van der Waals surface area contributed by atoms with Gasteiger partial charge in [0.25, 0.3) is 5.91 Å². The molecule has 1 amide bonds. The zero-order chi connectivity index (χ0) is 20.3. The number of amides is 1. The van der Waals surface area contributed by atoms with Gasteiger partial charge in [-0.3, -0.25) is 4.79 Å². The zero-order valence-corrected chi connectivity index (χ0v) is 15.1. The molecule has 8 heteroatoms. The van der Waals surface area contributed by atoms with Gasteiger partial charge < -0.3 is 24.6 Å². The van der Waals surface area contributed by atoms with Crippen LogP contribution in [0.25, 0.3) is 0 Å². The number of methoxy groups -OCH3 is 1. The highest BCUT2D eigenvalue weighted by molar-refractivity contribution is 5.94. The highest BCUT2D eigenvalue weighted by atomic mass is 16.5. The lowest BCUT2D eigenvalue weighted by Gasteiger charge is -2.35. The Labute approximate surface area is 160 Å². The fourth-order valence-electron chi connectivity index (χ4n) is 3.11. The Balaban J connectivity index is 1.72. The van der Waals surface area contributed by atoms with E-state index in [0.29, 0.717) is 6.42 Å². The summed E-state index contributed by atoms with van der Waals surface area (Å²) in [5.41, 5.74) is 1.67. The number of benzene rings is 2. The van der Waals surface area contributed by atoms with Crippen molar-refractivity contribution in [3.05, 3.63) is 59.2 Å². The Morgan fingerprint density at radius 1 is 1.11 bits per heavy atom. The number of phenolic OH excluding ortho intramolecular Hbond substituents is 2. The van der Waals surface area contributed by atoms with Gasteiger partial charge in [-0.2, -0.15) is 0 Å². The van der Waals surface area contributed by atoms with Gasteiger partial charge in [0.15, 0.2) is 6.61 Å². The van der Waals surface area contributed by atoms with E-state index < -0.39 is 36.2 Å². The summed E-state index contributed by atoms with van der Waals surface area (Å²) in [6.07, 6.45) is 0.307. The summed E-state index contributed by atoms with van der Waals surface area (Å²) in [7, 11) is 1.25. The van der Waals surface area contributed by atoms with Crippen LogP contribution in [0.2, 0.25) is 0 Å². The van der Waals surface area contributed by atoms with Crippen LogP contribution in [0, 0.1) is 0 Å². The molecule has 0 radical (unpaired) electrons. The van der Waals surface area contributed by atoms with E-state index in [1.165, 1.54) is 24.1 Å². The molecule has 0 aromatic heterocycles. The van der Waals surface area contributed by atoms with E-state index in [2.05, 4.69) is 0 Å². The number of esters is 2. The maximum Gasteiger partial charge on any atom is 0.342 e. The first-order valence-electron chi connectivity index (χ1n) is 8.54. The fraction of sp³-hybridized carbons (Fsp3) is 0.250. The molecule has 1 atom stereocenters. The molecule has 146 valence electrons. The molecular weight excluding hydrogens is 366 g/mol. The number of ether oxygens (including phenoxy) is 2. The second kappa shape index (κ2) is 7.99. The number of rotatable bonds is 4. The van der Waals surface area contributed by atoms with Crippen LogP contribution in [0.4, 0.5) is 0 Å². The molecule has 2 aromatic carbocycles. The average molecular weight is 385 g/mol. The molecule has 0 saturated carbocycles. The number of fused-ring (bicyclic) bond motifs is 1. The SMILES string of the molecule is COC(=O)[C@H]1Cc2ccccc2CN1C(=O)COC(=O)c1ccc(O)cc1O. The summed E-state index contributed by atoms with van der Waals surface area (Å²) in [5.74, 6) is -2.70. The second-order valence-corrected chi connectivity index (χ2v) is 6.31. The van der Waals surface area contributed by atoms with E-state index in [1.54, 1.807) is 0 Å². The Morgan fingerprint density at radius 3 is 2.50 bits per heavy atom. The van der Waals surface area contributed by atoms with E-state index in [4.69, 9.17) is 9.47 Å². The Bertz CT molecular complexity index is 925. The summed E-state index contributed by atoms with van der Waals surface area (Å²) >= 11 is 0. The van der Waals surface area contributed by atoms with Crippen molar-refractivity contribution in [3.8, 4) is 11.5 Å². The molecule has 8 nitrogen and oxygen atoms in total. The molecule has 0 bridgehead atoms. The molecule has 3 rings (SSSR count). The maximum absolute atomic E-state index is 12.7. The predicted molar refractivity (Wildman–Crippen MR) is 96.6 cm³/mol. The molecule has 0 aliphatic carbocycles. The molecule has 28 heavy (non-hydrogen) atoms. The normalized spacial score (nSPS) is 15.5. The highest BCUT2D eigenvalue weighted by Crippen LogP contribution is 2.25. The molecule has 2 aromatic rings. The fourth-order valence-corrected chi connectivity index (χ4v) is 3.11. The minimum Gasteiger partial charge on any atom is -0.508 e. The first kappa shape index (κ1) is 19.2. The van der Waals surface area contributed by atoms with Crippen LogP contribution in [0.5, 0.6) is 11.5 Å². The van der Waals surface area contributed by atoms with E-state index >= 15 is 0 Å². The topological polar surface area (TPSA) is 113 Å². The third-order valence-electron chi connectivity index (χ3n) is 4.57. The summed E-state index contributed by atoms with van der Waals surface area (Å²) in [6, 6.07) is 10.0. The van der Waals surface area contributed by atoms with E-state index in [0.717, 1.165) is 17.2 Å². The van der Waals surface area contributed by atoms with Gasteiger partial charge in [-0.15, -0.1) is 0 Å². The van der Waals surface area contributed by atoms with Crippen LogP contribution in [0.1, 0.15) is 21.5 Å². The first-order chi connectivity index (χ1) is 13.4. The third-order valence-corrected chi connectivity index (χ3v) is 4.57. The van der Waals surface area contributed by atoms with Crippen molar-refractivity contribution >= 4 is 17.8 Å². The molecule has 0 unspecified atom stereocenters. The van der Waals surface area contributed by atoms with Crippen molar-refractivity contribution in [3.63, 3.8) is 0 Å². The second-order valence-electron chi connectivity index (χ2n) is 6.31. The van der Waals surface area contributed by atoms with E-state index in [9.17, 15) is 24.6 Å². The van der Waals surface area contributed by atoms with Crippen molar-refractivity contribution in [1.82, 2.24) is 4.90 Å². The van der Waals surface area contributed by atoms with Crippen molar-refractivity contribution in [2.75, 3.05) is 13.7 Å². The standard InChI is InChI=1S/C20H19NO7/c1-27-20(26)16-8-12-4-2-3-5-13(12)10-21(16)18(24)11-28-19(25)15-7-6-14(22)9-17(15)23/h2-7,9,16,22-23H,8,10-11H2,1H3/t16-/m1/s1. The number of nitrogens with zero attached hydrogens (tertiary/aromatic N) is 1. The Morgan fingerprint density at radius 2 is 1.82 bits per heavy atom. The monoisotopic (exact) mass is 385 g/mol. The molecule has 1 aliphatic rings. The predicted octanol–water partition coefficient (Wildman–Crippen LogP) is 1.38. The number of hydrogen-bond donors (Lipinski definition) is 2. The minimum atomic E-state index is -0.919. The lowest BCUT2D eigenvalue weighted by Crippen LogP contribution is -2.50. The molecule has 0 spiro atoms. The van der Waals surface area contributed by atoms with Crippen molar-refractivity contribution in [1.29, 1.82) is 0 Å². The van der Waals surface area contributed by atoms with Crippen LogP contribution in [-0.4, -0.2) is 52.7 Å². The number of phenols is 2. The van der Waals surface area contributed by atoms with Gasteiger partial charge in [0.05, 0.1) is 7.11 Å². The Hall–Kier alpha value is -3.55. The quantitative estimate of drug-likeness (QED) is 0.765.